The highest BCUT2D eigenvalue weighted by Crippen LogP contribution is 2.15. The lowest BCUT2D eigenvalue weighted by atomic mass is 10.0. The van der Waals surface area contributed by atoms with E-state index < -0.39 is 0 Å². The number of rotatable bonds is 13. The van der Waals surface area contributed by atoms with Crippen LogP contribution in [0.5, 0.6) is 5.75 Å². The zero-order valence-electron chi connectivity index (χ0n) is 13.5. The molecule has 0 saturated carbocycles. The van der Waals surface area contributed by atoms with Crippen LogP contribution in [0.1, 0.15) is 51.0 Å². The summed E-state index contributed by atoms with van der Waals surface area (Å²) in [6.07, 6.45) is 11.0. The first-order valence-corrected chi connectivity index (χ1v) is 8.27. The molecule has 0 N–H and O–H groups in total. The fourth-order valence-corrected chi connectivity index (χ4v) is 2.25. The molecule has 0 atom stereocenters. The van der Waals surface area contributed by atoms with E-state index in [9.17, 15) is 0 Å². The van der Waals surface area contributed by atoms with Gasteiger partial charge >= 0.3 is 0 Å². The summed E-state index contributed by atoms with van der Waals surface area (Å²) >= 11 is 0. The van der Waals surface area contributed by atoms with Crippen molar-refractivity contribution in [1.29, 1.82) is 0 Å². The van der Waals surface area contributed by atoms with Crippen LogP contribution in [-0.4, -0.2) is 19.8 Å². The van der Waals surface area contributed by atoms with E-state index >= 15 is 0 Å². The summed E-state index contributed by atoms with van der Waals surface area (Å²) in [5.74, 6) is 0.920. The Morgan fingerprint density at radius 3 is 2.38 bits per heavy atom. The Morgan fingerprint density at radius 2 is 1.67 bits per heavy atom. The third-order valence-electron chi connectivity index (χ3n) is 3.47. The van der Waals surface area contributed by atoms with E-state index in [-0.39, 0.29) is 0 Å². The second-order valence-electron chi connectivity index (χ2n) is 5.37. The lowest BCUT2D eigenvalue weighted by Crippen LogP contribution is -2.06. The molecule has 0 heterocycles. The molecule has 0 aromatic heterocycles. The van der Waals surface area contributed by atoms with Gasteiger partial charge in [0.15, 0.2) is 0 Å². The number of ether oxygens (including phenoxy) is 2. The zero-order chi connectivity index (χ0) is 15.2. The third-order valence-corrected chi connectivity index (χ3v) is 3.47. The van der Waals surface area contributed by atoms with Crippen LogP contribution in [0.2, 0.25) is 0 Å². The van der Waals surface area contributed by atoms with Crippen LogP contribution in [0.3, 0.4) is 0 Å². The topological polar surface area (TPSA) is 18.5 Å². The molecule has 0 radical (unpaired) electrons. The molecule has 0 bridgehead atoms. The molecule has 1 rings (SSSR count). The summed E-state index contributed by atoms with van der Waals surface area (Å²) < 4.78 is 10.9. The van der Waals surface area contributed by atoms with Crippen molar-refractivity contribution >= 4 is 0 Å². The van der Waals surface area contributed by atoms with Crippen molar-refractivity contribution in [1.82, 2.24) is 0 Å². The summed E-state index contributed by atoms with van der Waals surface area (Å²) in [4.78, 5) is 0. The van der Waals surface area contributed by atoms with Gasteiger partial charge in [-0.25, -0.2) is 0 Å². The normalized spacial score (nSPS) is 10.5. The molecule has 0 fully saturated rings. The van der Waals surface area contributed by atoms with Crippen molar-refractivity contribution in [2.45, 2.75) is 51.9 Å². The molecular formula is C19H30O2. The number of benzene rings is 1. The Labute approximate surface area is 130 Å². The lowest BCUT2D eigenvalue weighted by molar-refractivity contribution is 0.121. The maximum absolute atomic E-state index is 5.62. The first-order chi connectivity index (χ1) is 10.4. The van der Waals surface area contributed by atoms with Gasteiger partial charge in [-0.2, -0.15) is 0 Å². The lowest BCUT2D eigenvalue weighted by Gasteiger charge is -2.07. The second kappa shape index (κ2) is 12.5. The molecule has 0 unspecified atom stereocenters. The number of unbranched alkanes of at least 4 members (excludes halogenated alkanes) is 5. The SMILES string of the molecule is C=CCOCCOc1ccc(CCCCCCCC)cc1. The summed E-state index contributed by atoms with van der Waals surface area (Å²) in [5.41, 5.74) is 1.40. The van der Waals surface area contributed by atoms with Gasteiger partial charge in [-0.05, 0) is 30.5 Å². The van der Waals surface area contributed by atoms with Gasteiger partial charge < -0.3 is 9.47 Å². The number of hydrogen-bond acceptors (Lipinski definition) is 2. The van der Waals surface area contributed by atoms with Gasteiger partial charge in [0, 0.05) is 0 Å². The molecule has 1 aromatic carbocycles. The highest BCUT2D eigenvalue weighted by molar-refractivity contribution is 5.27. The summed E-state index contributed by atoms with van der Waals surface area (Å²) in [6, 6.07) is 8.46. The maximum Gasteiger partial charge on any atom is 0.119 e. The quantitative estimate of drug-likeness (QED) is 0.368. The van der Waals surface area contributed by atoms with Crippen LogP contribution < -0.4 is 4.74 Å². The van der Waals surface area contributed by atoms with Gasteiger partial charge in [0.2, 0.25) is 0 Å². The van der Waals surface area contributed by atoms with Crippen molar-refractivity contribution in [3.8, 4) is 5.75 Å². The maximum atomic E-state index is 5.62. The molecule has 0 aliphatic heterocycles. The van der Waals surface area contributed by atoms with Crippen LogP contribution in [0.25, 0.3) is 0 Å². The predicted molar refractivity (Wildman–Crippen MR) is 90.0 cm³/mol. The van der Waals surface area contributed by atoms with Gasteiger partial charge in [-0.1, -0.05) is 57.2 Å². The van der Waals surface area contributed by atoms with Crippen molar-refractivity contribution in [2.75, 3.05) is 19.8 Å². The predicted octanol–water partition coefficient (Wildman–Crippen LogP) is 5.17. The fourth-order valence-electron chi connectivity index (χ4n) is 2.25. The van der Waals surface area contributed by atoms with E-state index in [2.05, 4.69) is 37.8 Å². The fraction of sp³-hybridized carbons (Fsp3) is 0.579. The van der Waals surface area contributed by atoms with Crippen molar-refractivity contribution in [3.05, 3.63) is 42.5 Å². The van der Waals surface area contributed by atoms with E-state index in [1.54, 1.807) is 6.08 Å². The van der Waals surface area contributed by atoms with Crippen molar-refractivity contribution in [3.63, 3.8) is 0 Å². The average Bonchev–Trinajstić information content (AvgIpc) is 2.52. The molecular weight excluding hydrogens is 260 g/mol. The van der Waals surface area contributed by atoms with E-state index in [1.165, 1.54) is 50.5 Å². The van der Waals surface area contributed by atoms with Gasteiger partial charge in [0.25, 0.3) is 0 Å². The number of aryl methyl sites for hydroxylation is 1. The number of hydrogen-bond donors (Lipinski definition) is 0. The molecule has 21 heavy (non-hydrogen) atoms. The van der Waals surface area contributed by atoms with Gasteiger partial charge in [-0.3, -0.25) is 0 Å². The van der Waals surface area contributed by atoms with Gasteiger partial charge in [0.1, 0.15) is 12.4 Å². The Bertz CT molecular complexity index is 356. The largest absolute Gasteiger partial charge is 0.491 e. The van der Waals surface area contributed by atoms with Crippen molar-refractivity contribution < 1.29 is 9.47 Å². The summed E-state index contributed by atoms with van der Waals surface area (Å²) in [6.45, 7) is 7.64. The molecule has 0 spiro atoms. The molecule has 118 valence electrons. The molecule has 0 saturated heterocycles. The van der Waals surface area contributed by atoms with Crippen LogP contribution in [0, 0.1) is 0 Å². The Balaban J connectivity index is 2.10. The monoisotopic (exact) mass is 290 g/mol. The minimum Gasteiger partial charge on any atom is -0.491 e. The van der Waals surface area contributed by atoms with E-state index in [0.717, 1.165) is 5.75 Å². The second-order valence-corrected chi connectivity index (χ2v) is 5.37. The van der Waals surface area contributed by atoms with Crippen LogP contribution in [-0.2, 0) is 11.2 Å². The highest BCUT2D eigenvalue weighted by Gasteiger charge is 1.97. The molecule has 2 heteroatoms. The first kappa shape index (κ1) is 17.8. The van der Waals surface area contributed by atoms with Gasteiger partial charge in [0.05, 0.1) is 13.2 Å². The third kappa shape index (κ3) is 9.30. The standard InChI is InChI=1S/C19H30O2/c1-3-5-6-7-8-9-10-18-11-13-19(14-12-18)21-17-16-20-15-4-2/h4,11-14H,2-3,5-10,15-17H2,1H3. The van der Waals surface area contributed by atoms with Crippen LogP contribution >= 0.6 is 0 Å². The average molecular weight is 290 g/mol. The van der Waals surface area contributed by atoms with E-state index in [1.807, 2.05) is 0 Å². The molecule has 0 aliphatic rings. The Morgan fingerprint density at radius 1 is 0.952 bits per heavy atom. The molecule has 2 nitrogen and oxygen atoms in total. The first-order valence-electron chi connectivity index (χ1n) is 8.27. The van der Waals surface area contributed by atoms with Crippen molar-refractivity contribution in [2.24, 2.45) is 0 Å². The van der Waals surface area contributed by atoms with Crippen LogP contribution in [0.4, 0.5) is 0 Å². The summed E-state index contributed by atoms with van der Waals surface area (Å²) in [7, 11) is 0. The Hall–Kier alpha value is -1.28. The smallest absolute Gasteiger partial charge is 0.119 e. The van der Waals surface area contributed by atoms with E-state index in [4.69, 9.17) is 9.47 Å². The molecule has 1 aromatic rings. The zero-order valence-corrected chi connectivity index (χ0v) is 13.5. The molecule has 0 amide bonds. The minimum absolute atomic E-state index is 0.584. The minimum atomic E-state index is 0.584. The van der Waals surface area contributed by atoms with Gasteiger partial charge in [-0.15, -0.1) is 6.58 Å². The highest BCUT2D eigenvalue weighted by atomic mass is 16.5. The summed E-state index contributed by atoms with van der Waals surface area (Å²) in [5, 5.41) is 0. The van der Waals surface area contributed by atoms with E-state index in [0.29, 0.717) is 19.8 Å². The Kier molecular flexibility index (Phi) is 10.5. The molecule has 0 aliphatic carbocycles. The van der Waals surface area contributed by atoms with Crippen LogP contribution in [0.15, 0.2) is 36.9 Å².